The lowest BCUT2D eigenvalue weighted by Crippen LogP contribution is -2.32. The third kappa shape index (κ3) is 4.19. The molecule has 0 spiro atoms. The summed E-state index contributed by atoms with van der Waals surface area (Å²) in [6, 6.07) is 8.10. The van der Waals surface area contributed by atoms with E-state index in [1.54, 1.807) is 20.3 Å². The number of allylic oxidation sites excluding steroid dienone is 2. The van der Waals surface area contributed by atoms with Gasteiger partial charge in [-0.15, -0.1) is 0 Å². The van der Waals surface area contributed by atoms with E-state index in [9.17, 15) is 9.59 Å². The molecule has 1 unspecified atom stereocenters. The van der Waals surface area contributed by atoms with Crippen molar-refractivity contribution in [2.24, 2.45) is 11.7 Å². The van der Waals surface area contributed by atoms with E-state index in [1.165, 1.54) is 21.9 Å². The van der Waals surface area contributed by atoms with E-state index in [2.05, 4.69) is 40.1 Å². The van der Waals surface area contributed by atoms with Crippen LogP contribution in [0.4, 0.5) is 0 Å². The van der Waals surface area contributed by atoms with Crippen molar-refractivity contribution in [3.05, 3.63) is 64.0 Å². The summed E-state index contributed by atoms with van der Waals surface area (Å²) < 4.78 is 2.47. The molecule has 1 amide bonds. The molecule has 1 atom stereocenters. The van der Waals surface area contributed by atoms with Crippen LogP contribution >= 0.6 is 15.9 Å². The van der Waals surface area contributed by atoms with Crippen molar-refractivity contribution in [3.63, 3.8) is 0 Å². The Hall–Kier alpha value is -2.41. The van der Waals surface area contributed by atoms with Gasteiger partial charge in [0.15, 0.2) is 5.78 Å². The quantitative estimate of drug-likeness (QED) is 0.525. The maximum absolute atomic E-state index is 12.8. The van der Waals surface area contributed by atoms with Crippen molar-refractivity contribution in [1.29, 1.82) is 0 Å². The number of aromatic nitrogens is 2. The first kappa shape index (κ1) is 20.3. The van der Waals surface area contributed by atoms with Crippen LogP contribution in [0.15, 0.2) is 52.9 Å². The van der Waals surface area contributed by atoms with Crippen molar-refractivity contribution in [1.82, 2.24) is 14.7 Å². The molecule has 28 heavy (non-hydrogen) atoms. The number of nitrogens with two attached hydrogens (primary N) is 1. The minimum absolute atomic E-state index is 0.0892. The number of rotatable bonds is 7. The second-order valence-electron chi connectivity index (χ2n) is 7.66. The molecule has 1 fully saturated rings. The smallest absolute Gasteiger partial charge is 0.243 e. The van der Waals surface area contributed by atoms with Gasteiger partial charge in [0.1, 0.15) is 6.54 Å². The lowest BCUT2D eigenvalue weighted by atomic mass is 9.74. The maximum Gasteiger partial charge on any atom is 0.243 e. The first-order valence-electron chi connectivity index (χ1n) is 9.22. The number of nitrogens with zero attached hydrogens (tertiary/aromatic N) is 3. The van der Waals surface area contributed by atoms with E-state index in [0.717, 1.165) is 22.9 Å². The number of carbonyl (C=O) groups is 2. The van der Waals surface area contributed by atoms with Crippen molar-refractivity contribution < 1.29 is 9.59 Å². The number of halogens is 1. The van der Waals surface area contributed by atoms with Crippen LogP contribution in [0.25, 0.3) is 0 Å². The Kier molecular flexibility index (Phi) is 5.74. The van der Waals surface area contributed by atoms with Gasteiger partial charge in [-0.1, -0.05) is 28.1 Å². The number of hydrogen-bond acceptors (Lipinski definition) is 4. The topological polar surface area (TPSA) is 81.2 Å². The SMILES string of the molecule is CN(C)C(=O)Cn1cc(C(=O)/C=C(\N)C(C)(c2ccc(Br)cc2)C2CC2)cn1. The summed E-state index contributed by atoms with van der Waals surface area (Å²) in [6.45, 7) is 2.20. The minimum Gasteiger partial charge on any atom is -0.401 e. The van der Waals surface area contributed by atoms with Crippen molar-refractivity contribution in [2.75, 3.05) is 14.1 Å². The second kappa shape index (κ2) is 7.91. The molecule has 7 heteroatoms. The van der Waals surface area contributed by atoms with Crippen molar-refractivity contribution >= 4 is 27.6 Å². The first-order valence-corrected chi connectivity index (χ1v) is 10.0. The van der Waals surface area contributed by atoms with Gasteiger partial charge in [0.2, 0.25) is 5.91 Å². The molecule has 148 valence electrons. The van der Waals surface area contributed by atoms with Gasteiger partial charge in [-0.3, -0.25) is 14.3 Å². The highest BCUT2D eigenvalue weighted by atomic mass is 79.9. The van der Waals surface area contributed by atoms with Gasteiger partial charge in [-0.25, -0.2) is 0 Å². The molecule has 1 aromatic heterocycles. The van der Waals surface area contributed by atoms with Crippen molar-refractivity contribution in [2.45, 2.75) is 31.7 Å². The Morgan fingerprint density at radius 3 is 2.54 bits per heavy atom. The van der Waals surface area contributed by atoms with E-state index in [4.69, 9.17) is 5.73 Å². The standard InChI is InChI=1S/C21H25BrN4O2/c1-21(15-4-5-15,16-6-8-17(22)9-7-16)19(23)10-18(27)14-11-24-26(12-14)13-20(28)25(2)3/h6-12,15H,4-5,13,23H2,1-3H3/b19-10-. The third-order valence-corrected chi connectivity index (χ3v) is 5.97. The van der Waals surface area contributed by atoms with Gasteiger partial charge in [0, 0.05) is 42.0 Å². The zero-order chi connectivity index (χ0) is 20.5. The molecule has 0 radical (unpaired) electrons. The minimum atomic E-state index is -0.382. The van der Waals surface area contributed by atoms with Gasteiger partial charge in [0.05, 0.1) is 11.8 Å². The molecule has 0 bridgehead atoms. The monoisotopic (exact) mass is 444 g/mol. The molecular weight excluding hydrogens is 420 g/mol. The van der Waals surface area contributed by atoms with Gasteiger partial charge < -0.3 is 10.6 Å². The van der Waals surface area contributed by atoms with Crippen LogP contribution in [0, 0.1) is 5.92 Å². The van der Waals surface area contributed by atoms with E-state index in [1.807, 2.05) is 12.1 Å². The van der Waals surface area contributed by atoms with E-state index < -0.39 is 0 Å². The van der Waals surface area contributed by atoms with Gasteiger partial charge >= 0.3 is 0 Å². The van der Waals surface area contributed by atoms with Crippen LogP contribution in [0.2, 0.25) is 0 Å². The largest absolute Gasteiger partial charge is 0.401 e. The lowest BCUT2D eigenvalue weighted by Gasteiger charge is -2.31. The average Bonchev–Trinajstić information content (AvgIpc) is 3.41. The Bertz CT molecular complexity index is 913. The molecule has 1 aliphatic rings. The summed E-state index contributed by atoms with van der Waals surface area (Å²) in [6.07, 6.45) is 6.76. The van der Waals surface area contributed by atoms with Crippen LogP contribution < -0.4 is 5.73 Å². The molecule has 1 saturated carbocycles. The van der Waals surface area contributed by atoms with Crippen LogP contribution in [0.1, 0.15) is 35.7 Å². The maximum atomic E-state index is 12.8. The van der Waals surface area contributed by atoms with E-state index in [-0.39, 0.29) is 23.7 Å². The molecule has 3 rings (SSSR count). The second-order valence-corrected chi connectivity index (χ2v) is 8.58. The molecule has 2 aromatic rings. The average molecular weight is 445 g/mol. The summed E-state index contributed by atoms with van der Waals surface area (Å²) >= 11 is 3.46. The van der Waals surface area contributed by atoms with E-state index >= 15 is 0 Å². The molecular formula is C21H25BrN4O2. The summed E-state index contributed by atoms with van der Waals surface area (Å²) in [4.78, 5) is 26.0. The van der Waals surface area contributed by atoms with Crippen LogP contribution in [-0.2, 0) is 16.8 Å². The summed E-state index contributed by atoms with van der Waals surface area (Å²) in [5.74, 6) is 0.136. The molecule has 1 aliphatic carbocycles. The third-order valence-electron chi connectivity index (χ3n) is 5.44. The lowest BCUT2D eigenvalue weighted by molar-refractivity contribution is -0.129. The predicted octanol–water partition coefficient (Wildman–Crippen LogP) is 3.13. The highest BCUT2D eigenvalue weighted by Crippen LogP contribution is 2.50. The number of hydrogen-bond donors (Lipinski definition) is 1. The molecule has 0 aliphatic heterocycles. The Morgan fingerprint density at radius 1 is 1.32 bits per heavy atom. The molecule has 0 saturated heterocycles. The number of benzene rings is 1. The predicted molar refractivity (Wildman–Crippen MR) is 112 cm³/mol. The zero-order valence-corrected chi connectivity index (χ0v) is 17.9. The Morgan fingerprint density at radius 2 is 1.96 bits per heavy atom. The summed E-state index contributed by atoms with van der Waals surface area (Å²) in [5, 5.41) is 4.12. The first-order chi connectivity index (χ1) is 13.2. The van der Waals surface area contributed by atoms with Gasteiger partial charge in [-0.2, -0.15) is 5.10 Å². The number of ketones is 1. The summed E-state index contributed by atoms with van der Waals surface area (Å²) in [5.41, 5.74) is 8.17. The van der Waals surface area contributed by atoms with Crippen molar-refractivity contribution in [3.8, 4) is 0 Å². The Balaban J connectivity index is 1.83. The van der Waals surface area contributed by atoms with Gasteiger partial charge in [0.25, 0.3) is 0 Å². The molecule has 1 heterocycles. The number of carbonyl (C=O) groups excluding carboxylic acids is 2. The highest BCUT2D eigenvalue weighted by molar-refractivity contribution is 9.10. The fourth-order valence-corrected chi connectivity index (χ4v) is 3.59. The zero-order valence-electron chi connectivity index (χ0n) is 16.4. The number of likely N-dealkylation sites (N-methyl/N-ethyl adjacent to an activating group) is 1. The Labute approximate surface area is 173 Å². The summed E-state index contributed by atoms with van der Waals surface area (Å²) in [7, 11) is 3.37. The molecule has 2 N–H and O–H groups in total. The van der Waals surface area contributed by atoms with Crippen LogP contribution in [0.3, 0.4) is 0 Å². The normalized spacial score (nSPS) is 16.5. The highest BCUT2D eigenvalue weighted by Gasteiger charge is 2.44. The number of amides is 1. The van der Waals surface area contributed by atoms with Gasteiger partial charge in [-0.05, 0) is 43.4 Å². The van der Waals surface area contributed by atoms with Crippen LogP contribution in [-0.4, -0.2) is 40.5 Å². The molecule has 1 aromatic carbocycles. The van der Waals surface area contributed by atoms with Crippen LogP contribution in [0.5, 0.6) is 0 Å². The van der Waals surface area contributed by atoms with E-state index in [0.29, 0.717) is 17.2 Å². The fraction of sp³-hybridized carbons (Fsp3) is 0.381. The fourth-order valence-electron chi connectivity index (χ4n) is 3.33. The molecule has 6 nitrogen and oxygen atoms in total.